The van der Waals surface area contributed by atoms with Gasteiger partial charge in [0.2, 0.25) is 0 Å². The van der Waals surface area contributed by atoms with E-state index in [9.17, 15) is 0 Å². The molecule has 0 unspecified atom stereocenters. The van der Waals surface area contributed by atoms with Crippen molar-refractivity contribution in [2.75, 3.05) is 46.3 Å². The SMILES string of the molecule is Cc1c(CNCCCN2CCN(C)CC2)cnn1C. The van der Waals surface area contributed by atoms with Crippen LogP contribution in [-0.4, -0.2) is 65.9 Å². The van der Waals surface area contributed by atoms with Gasteiger partial charge in [0, 0.05) is 51.0 Å². The predicted molar refractivity (Wildman–Crippen MR) is 78.2 cm³/mol. The number of piperazine rings is 1. The first-order valence-corrected chi connectivity index (χ1v) is 7.26. The summed E-state index contributed by atoms with van der Waals surface area (Å²) in [5.41, 5.74) is 2.56. The van der Waals surface area contributed by atoms with E-state index < -0.39 is 0 Å². The zero-order chi connectivity index (χ0) is 13.7. The summed E-state index contributed by atoms with van der Waals surface area (Å²) in [4.78, 5) is 4.97. The van der Waals surface area contributed by atoms with E-state index in [1.165, 1.54) is 50.4 Å². The first-order chi connectivity index (χ1) is 9.16. The fraction of sp³-hybridized carbons (Fsp3) is 0.786. The molecule has 0 saturated carbocycles. The van der Waals surface area contributed by atoms with E-state index >= 15 is 0 Å². The van der Waals surface area contributed by atoms with Crippen molar-refractivity contribution < 1.29 is 0 Å². The maximum atomic E-state index is 4.26. The highest BCUT2D eigenvalue weighted by Crippen LogP contribution is 2.04. The van der Waals surface area contributed by atoms with Gasteiger partial charge in [0.1, 0.15) is 0 Å². The molecule has 1 fully saturated rings. The highest BCUT2D eigenvalue weighted by molar-refractivity contribution is 5.15. The molecular formula is C14H27N5. The molecule has 2 heterocycles. The average molecular weight is 265 g/mol. The van der Waals surface area contributed by atoms with E-state index in [4.69, 9.17) is 0 Å². The molecule has 1 saturated heterocycles. The lowest BCUT2D eigenvalue weighted by Gasteiger charge is -2.32. The van der Waals surface area contributed by atoms with Crippen molar-refractivity contribution >= 4 is 0 Å². The van der Waals surface area contributed by atoms with Crippen molar-refractivity contribution in [1.82, 2.24) is 24.9 Å². The second kappa shape index (κ2) is 7.03. The smallest absolute Gasteiger partial charge is 0.0537 e. The molecule has 1 aromatic heterocycles. The van der Waals surface area contributed by atoms with Crippen molar-refractivity contribution in [2.24, 2.45) is 7.05 Å². The summed E-state index contributed by atoms with van der Waals surface area (Å²) in [5, 5.41) is 7.77. The summed E-state index contributed by atoms with van der Waals surface area (Å²) < 4.78 is 1.93. The largest absolute Gasteiger partial charge is 0.312 e. The Morgan fingerprint density at radius 3 is 2.58 bits per heavy atom. The summed E-state index contributed by atoms with van der Waals surface area (Å²) in [5.74, 6) is 0. The third-order valence-corrected chi connectivity index (χ3v) is 4.08. The number of rotatable bonds is 6. The minimum atomic E-state index is 0.933. The van der Waals surface area contributed by atoms with Crippen LogP contribution < -0.4 is 5.32 Å². The van der Waals surface area contributed by atoms with Crippen LogP contribution in [0.3, 0.4) is 0 Å². The third kappa shape index (κ3) is 4.30. The molecule has 0 radical (unpaired) electrons. The van der Waals surface area contributed by atoms with Gasteiger partial charge in [-0.15, -0.1) is 0 Å². The number of likely N-dealkylation sites (N-methyl/N-ethyl adjacent to an activating group) is 1. The molecule has 0 bridgehead atoms. The fourth-order valence-corrected chi connectivity index (χ4v) is 2.44. The minimum absolute atomic E-state index is 0.933. The van der Waals surface area contributed by atoms with Crippen LogP contribution in [0.15, 0.2) is 6.20 Å². The Morgan fingerprint density at radius 1 is 1.21 bits per heavy atom. The standard InChI is InChI=1S/C14H27N5/c1-13-14(12-16-18(13)3)11-15-5-4-6-19-9-7-17(2)8-10-19/h12,15H,4-11H2,1-3H3. The molecule has 1 N–H and O–H groups in total. The highest BCUT2D eigenvalue weighted by atomic mass is 15.3. The number of nitrogens with one attached hydrogen (secondary N) is 1. The van der Waals surface area contributed by atoms with Gasteiger partial charge in [-0.3, -0.25) is 4.68 Å². The molecular weight excluding hydrogens is 238 g/mol. The van der Waals surface area contributed by atoms with Gasteiger partial charge in [-0.25, -0.2) is 0 Å². The molecule has 5 heteroatoms. The molecule has 1 aliphatic heterocycles. The number of nitrogens with zero attached hydrogens (tertiary/aromatic N) is 4. The van der Waals surface area contributed by atoms with Crippen molar-refractivity contribution in [3.63, 3.8) is 0 Å². The van der Waals surface area contributed by atoms with Crippen molar-refractivity contribution in [1.29, 1.82) is 0 Å². The number of hydrogen-bond donors (Lipinski definition) is 1. The van der Waals surface area contributed by atoms with Crippen molar-refractivity contribution in [3.8, 4) is 0 Å². The predicted octanol–water partition coefficient (Wildman–Crippen LogP) is 0.456. The lowest BCUT2D eigenvalue weighted by Crippen LogP contribution is -2.45. The molecule has 0 spiro atoms. The van der Waals surface area contributed by atoms with Gasteiger partial charge in [-0.05, 0) is 33.5 Å². The van der Waals surface area contributed by atoms with Gasteiger partial charge < -0.3 is 15.1 Å². The molecule has 1 aliphatic rings. The first kappa shape index (κ1) is 14.5. The van der Waals surface area contributed by atoms with E-state index in [2.05, 4.69) is 34.2 Å². The van der Waals surface area contributed by atoms with E-state index in [1.807, 2.05) is 17.9 Å². The van der Waals surface area contributed by atoms with Gasteiger partial charge in [-0.2, -0.15) is 5.10 Å². The van der Waals surface area contributed by atoms with Gasteiger partial charge in [0.15, 0.2) is 0 Å². The molecule has 0 atom stereocenters. The second-order valence-electron chi connectivity index (χ2n) is 5.55. The molecule has 1 aromatic rings. The maximum Gasteiger partial charge on any atom is 0.0537 e. The van der Waals surface area contributed by atoms with Crippen LogP contribution in [0.5, 0.6) is 0 Å². The van der Waals surface area contributed by atoms with Crippen LogP contribution in [-0.2, 0) is 13.6 Å². The minimum Gasteiger partial charge on any atom is -0.312 e. The van der Waals surface area contributed by atoms with Gasteiger partial charge in [0.25, 0.3) is 0 Å². The van der Waals surface area contributed by atoms with Crippen LogP contribution >= 0.6 is 0 Å². The highest BCUT2D eigenvalue weighted by Gasteiger charge is 2.12. The van der Waals surface area contributed by atoms with Crippen LogP contribution in [0.1, 0.15) is 17.7 Å². The molecule has 108 valence electrons. The summed E-state index contributed by atoms with van der Waals surface area (Å²) in [6.07, 6.45) is 3.19. The van der Waals surface area contributed by atoms with Crippen LogP contribution in [0.25, 0.3) is 0 Å². The Hall–Kier alpha value is -0.910. The summed E-state index contributed by atoms with van der Waals surface area (Å²) >= 11 is 0. The summed E-state index contributed by atoms with van der Waals surface area (Å²) in [6, 6.07) is 0. The van der Waals surface area contributed by atoms with Crippen LogP contribution in [0.4, 0.5) is 0 Å². The summed E-state index contributed by atoms with van der Waals surface area (Å²) in [7, 11) is 4.20. The number of aryl methyl sites for hydroxylation is 1. The lowest BCUT2D eigenvalue weighted by molar-refractivity contribution is 0.153. The second-order valence-corrected chi connectivity index (χ2v) is 5.55. The first-order valence-electron chi connectivity index (χ1n) is 7.26. The molecule has 0 amide bonds. The zero-order valence-electron chi connectivity index (χ0n) is 12.5. The van der Waals surface area contributed by atoms with Gasteiger partial charge in [-0.1, -0.05) is 0 Å². The molecule has 2 rings (SSSR count). The van der Waals surface area contributed by atoms with E-state index in [1.54, 1.807) is 0 Å². The molecule has 0 aromatic carbocycles. The maximum absolute atomic E-state index is 4.26. The topological polar surface area (TPSA) is 36.3 Å². The van der Waals surface area contributed by atoms with E-state index in [-0.39, 0.29) is 0 Å². The molecule has 19 heavy (non-hydrogen) atoms. The molecule has 0 aliphatic carbocycles. The lowest BCUT2D eigenvalue weighted by atomic mass is 10.2. The Kier molecular flexibility index (Phi) is 5.36. The Balaban J connectivity index is 1.56. The zero-order valence-corrected chi connectivity index (χ0v) is 12.5. The average Bonchev–Trinajstić information content (AvgIpc) is 2.72. The third-order valence-electron chi connectivity index (χ3n) is 4.08. The van der Waals surface area contributed by atoms with E-state index in [0.29, 0.717) is 0 Å². The fourth-order valence-electron chi connectivity index (χ4n) is 2.44. The normalized spacial score (nSPS) is 18.1. The van der Waals surface area contributed by atoms with E-state index in [0.717, 1.165) is 13.1 Å². The number of hydrogen-bond acceptors (Lipinski definition) is 4. The Morgan fingerprint density at radius 2 is 1.95 bits per heavy atom. The summed E-state index contributed by atoms with van der Waals surface area (Å²) in [6.45, 7) is 10.2. The Labute approximate surface area is 116 Å². The number of aromatic nitrogens is 2. The van der Waals surface area contributed by atoms with Crippen molar-refractivity contribution in [3.05, 3.63) is 17.5 Å². The van der Waals surface area contributed by atoms with Crippen molar-refractivity contribution in [2.45, 2.75) is 19.9 Å². The monoisotopic (exact) mass is 265 g/mol. The van der Waals surface area contributed by atoms with Gasteiger partial charge >= 0.3 is 0 Å². The van der Waals surface area contributed by atoms with Gasteiger partial charge in [0.05, 0.1) is 6.20 Å². The van der Waals surface area contributed by atoms with Crippen LogP contribution in [0.2, 0.25) is 0 Å². The Bertz CT molecular complexity index is 379. The van der Waals surface area contributed by atoms with Crippen LogP contribution in [0, 0.1) is 6.92 Å². The molecule has 5 nitrogen and oxygen atoms in total. The quantitative estimate of drug-likeness (QED) is 0.758.